The minimum absolute atomic E-state index is 0.318. The Bertz CT molecular complexity index is 514. The maximum Gasteiger partial charge on any atom is 0.136 e. The lowest BCUT2D eigenvalue weighted by molar-refractivity contribution is 0.411. The first-order valence-corrected chi connectivity index (χ1v) is 5.11. The zero-order valence-corrected chi connectivity index (χ0v) is 9.35. The van der Waals surface area contributed by atoms with Crippen molar-refractivity contribution in [2.45, 2.75) is 6.54 Å². The number of benzene rings is 1. The van der Waals surface area contributed by atoms with E-state index in [1.807, 2.05) is 0 Å². The van der Waals surface area contributed by atoms with Crippen molar-refractivity contribution in [1.82, 2.24) is 10.2 Å². The molecular weight excluding hydrogens is 221 g/mol. The van der Waals surface area contributed by atoms with Crippen molar-refractivity contribution in [3.63, 3.8) is 0 Å². The quantitative estimate of drug-likeness (QED) is 0.877. The van der Waals surface area contributed by atoms with Gasteiger partial charge >= 0.3 is 0 Å². The van der Waals surface area contributed by atoms with Crippen LogP contribution in [0.5, 0.6) is 5.75 Å². The number of methoxy groups -OCH3 is 1. The van der Waals surface area contributed by atoms with Crippen LogP contribution in [0.25, 0.3) is 11.3 Å². The summed E-state index contributed by atoms with van der Waals surface area (Å²) in [6.07, 6.45) is 0. The molecule has 0 spiro atoms. The van der Waals surface area contributed by atoms with Crippen LogP contribution in [0, 0.1) is 5.82 Å². The Balaban J connectivity index is 2.38. The highest BCUT2D eigenvalue weighted by Gasteiger charge is 2.08. The van der Waals surface area contributed by atoms with E-state index in [2.05, 4.69) is 10.2 Å². The molecule has 1 aromatic heterocycles. The van der Waals surface area contributed by atoms with E-state index in [9.17, 15) is 4.39 Å². The SMILES string of the molecule is COc1ccc(-c2ccc(CN)nn2)c(F)c1. The smallest absolute Gasteiger partial charge is 0.136 e. The van der Waals surface area contributed by atoms with Gasteiger partial charge in [-0.25, -0.2) is 4.39 Å². The van der Waals surface area contributed by atoms with Gasteiger partial charge in [-0.1, -0.05) is 0 Å². The topological polar surface area (TPSA) is 61.0 Å². The van der Waals surface area contributed by atoms with E-state index in [1.165, 1.54) is 13.2 Å². The average molecular weight is 233 g/mol. The molecule has 1 heterocycles. The fourth-order valence-electron chi connectivity index (χ4n) is 1.44. The maximum atomic E-state index is 13.7. The number of hydrogen-bond acceptors (Lipinski definition) is 4. The number of aromatic nitrogens is 2. The predicted molar refractivity (Wildman–Crippen MR) is 61.9 cm³/mol. The van der Waals surface area contributed by atoms with Crippen LogP contribution >= 0.6 is 0 Å². The molecule has 0 saturated carbocycles. The van der Waals surface area contributed by atoms with E-state index in [0.717, 1.165) is 0 Å². The number of rotatable bonds is 3. The molecule has 0 saturated heterocycles. The summed E-state index contributed by atoms with van der Waals surface area (Å²) >= 11 is 0. The van der Waals surface area contributed by atoms with Gasteiger partial charge < -0.3 is 10.5 Å². The molecule has 2 rings (SSSR count). The summed E-state index contributed by atoms with van der Waals surface area (Å²) in [5.74, 6) is 0.0805. The molecule has 0 aliphatic carbocycles. The van der Waals surface area contributed by atoms with Gasteiger partial charge in [0.15, 0.2) is 0 Å². The molecule has 4 nitrogen and oxygen atoms in total. The second kappa shape index (κ2) is 4.88. The summed E-state index contributed by atoms with van der Waals surface area (Å²) in [7, 11) is 1.49. The van der Waals surface area contributed by atoms with Crippen LogP contribution in [0.2, 0.25) is 0 Å². The van der Waals surface area contributed by atoms with Crippen molar-refractivity contribution in [3.8, 4) is 17.0 Å². The molecule has 0 bridgehead atoms. The minimum atomic E-state index is -0.390. The van der Waals surface area contributed by atoms with E-state index in [0.29, 0.717) is 29.2 Å². The first-order chi connectivity index (χ1) is 8.24. The Morgan fingerprint density at radius 2 is 2.06 bits per heavy atom. The van der Waals surface area contributed by atoms with Crippen LogP contribution in [0.4, 0.5) is 4.39 Å². The Labute approximate surface area is 98.2 Å². The zero-order chi connectivity index (χ0) is 12.3. The van der Waals surface area contributed by atoms with Gasteiger partial charge in [-0.2, -0.15) is 10.2 Å². The van der Waals surface area contributed by atoms with Gasteiger partial charge in [0.1, 0.15) is 11.6 Å². The lowest BCUT2D eigenvalue weighted by Gasteiger charge is -2.05. The van der Waals surface area contributed by atoms with Gasteiger partial charge in [-0.3, -0.25) is 0 Å². The fraction of sp³-hybridized carbons (Fsp3) is 0.167. The van der Waals surface area contributed by atoms with Crippen molar-refractivity contribution in [3.05, 3.63) is 41.8 Å². The largest absolute Gasteiger partial charge is 0.497 e. The third-order valence-electron chi connectivity index (χ3n) is 2.38. The van der Waals surface area contributed by atoms with Crippen molar-refractivity contribution in [2.24, 2.45) is 5.73 Å². The molecule has 2 aromatic rings. The predicted octanol–water partition coefficient (Wildman–Crippen LogP) is 1.75. The summed E-state index contributed by atoms with van der Waals surface area (Å²) in [4.78, 5) is 0. The Morgan fingerprint density at radius 3 is 2.59 bits per heavy atom. The number of nitrogens with two attached hydrogens (primary N) is 1. The molecule has 17 heavy (non-hydrogen) atoms. The van der Waals surface area contributed by atoms with E-state index >= 15 is 0 Å². The molecule has 0 unspecified atom stereocenters. The first kappa shape index (κ1) is 11.5. The standard InChI is InChI=1S/C12H12FN3O/c1-17-9-3-4-10(11(13)6-9)12-5-2-8(7-14)15-16-12/h2-6H,7,14H2,1H3. The van der Waals surface area contributed by atoms with E-state index < -0.39 is 0 Å². The summed E-state index contributed by atoms with van der Waals surface area (Å²) in [5.41, 5.74) is 6.95. The molecule has 0 amide bonds. The van der Waals surface area contributed by atoms with Crippen LogP contribution in [-0.2, 0) is 6.54 Å². The lowest BCUT2D eigenvalue weighted by Crippen LogP contribution is -2.01. The van der Waals surface area contributed by atoms with Crippen molar-refractivity contribution in [2.75, 3.05) is 7.11 Å². The zero-order valence-electron chi connectivity index (χ0n) is 9.35. The van der Waals surface area contributed by atoms with Gasteiger partial charge in [0.05, 0.1) is 18.5 Å². The molecule has 5 heteroatoms. The molecule has 0 aliphatic heterocycles. The number of halogens is 1. The third-order valence-corrected chi connectivity index (χ3v) is 2.38. The van der Waals surface area contributed by atoms with Gasteiger partial charge in [0.25, 0.3) is 0 Å². The fourth-order valence-corrected chi connectivity index (χ4v) is 1.44. The van der Waals surface area contributed by atoms with Crippen LogP contribution in [0.3, 0.4) is 0 Å². The number of hydrogen-bond donors (Lipinski definition) is 1. The second-order valence-corrected chi connectivity index (χ2v) is 3.46. The van der Waals surface area contributed by atoms with E-state index in [1.54, 1.807) is 24.3 Å². The summed E-state index contributed by atoms with van der Waals surface area (Å²) in [6.45, 7) is 0.318. The normalized spacial score (nSPS) is 10.3. The monoisotopic (exact) mass is 233 g/mol. The first-order valence-electron chi connectivity index (χ1n) is 5.11. The summed E-state index contributed by atoms with van der Waals surface area (Å²) in [6, 6.07) is 8.02. The summed E-state index contributed by atoms with van der Waals surface area (Å²) < 4.78 is 18.7. The van der Waals surface area contributed by atoms with Gasteiger partial charge in [0.2, 0.25) is 0 Å². The van der Waals surface area contributed by atoms with Gasteiger partial charge in [-0.15, -0.1) is 0 Å². The molecular formula is C12H12FN3O. The second-order valence-electron chi connectivity index (χ2n) is 3.46. The molecule has 0 atom stereocenters. The summed E-state index contributed by atoms with van der Waals surface area (Å²) in [5, 5.41) is 7.81. The Morgan fingerprint density at radius 1 is 1.24 bits per heavy atom. The van der Waals surface area contributed by atoms with Crippen LogP contribution in [-0.4, -0.2) is 17.3 Å². The number of nitrogens with zero attached hydrogens (tertiary/aromatic N) is 2. The van der Waals surface area contributed by atoms with Crippen molar-refractivity contribution >= 4 is 0 Å². The van der Waals surface area contributed by atoms with Crippen molar-refractivity contribution in [1.29, 1.82) is 0 Å². The molecule has 0 aliphatic rings. The van der Waals surface area contributed by atoms with Gasteiger partial charge in [-0.05, 0) is 24.3 Å². The van der Waals surface area contributed by atoms with Gasteiger partial charge in [0, 0.05) is 18.2 Å². The highest BCUT2D eigenvalue weighted by Crippen LogP contribution is 2.24. The van der Waals surface area contributed by atoms with Crippen LogP contribution in [0.1, 0.15) is 5.69 Å². The Kier molecular flexibility index (Phi) is 3.30. The highest BCUT2D eigenvalue weighted by molar-refractivity contribution is 5.60. The average Bonchev–Trinajstić information content (AvgIpc) is 2.39. The molecule has 1 aromatic carbocycles. The molecule has 0 fully saturated rings. The number of ether oxygens (including phenoxy) is 1. The Hall–Kier alpha value is -2.01. The van der Waals surface area contributed by atoms with Crippen LogP contribution in [0.15, 0.2) is 30.3 Å². The molecule has 2 N–H and O–H groups in total. The van der Waals surface area contributed by atoms with Crippen LogP contribution < -0.4 is 10.5 Å². The third kappa shape index (κ3) is 2.39. The molecule has 88 valence electrons. The highest BCUT2D eigenvalue weighted by atomic mass is 19.1. The maximum absolute atomic E-state index is 13.7. The lowest BCUT2D eigenvalue weighted by atomic mass is 10.1. The minimum Gasteiger partial charge on any atom is -0.497 e. The van der Waals surface area contributed by atoms with E-state index in [-0.39, 0.29) is 5.82 Å². The van der Waals surface area contributed by atoms with E-state index in [4.69, 9.17) is 10.5 Å². The molecule has 0 radical (unpaired) electrons. The van der Waals surface area contributed by atoms with Crippen molar-refractivity contribution < 1.29 is 9.13 Å².